The van der Waals surface area contributed by atoms with Gasteiger partial charge in [-0.15, -0.1) is 0 Å². The number of hydrogen-bond acceptors (Lipinski definition) is 8. The number of rotatable bonds is 8. The lowest BCUT2D eigenvalue weighted by molar-refractivity contribution is -0.137. The molecule has 0 saturated carbocycles. The summed E-state index contributed by atoms with van der Waals surface area (Å²) in [5.74, 6) is -0.356. The number of nitrogens with one attached hydrogen (secondary N) is 3. The summed E-state index contributed by atoms with van der Waals surface area (Å²) in [6.45, 7) is 3.11. The minimum absolute atomic E-state index is 0.138. The van der Waals surface area contributed by atoms with Crippen LogP contribution in [-0.4, -0.2) is 65.7 Å². The quantitative estimate of drug-likeness (QED) is 0.290. The Bertz CT molecular complexity index is 1550. The highest BCUT2D eigenvalue weighted by Gasteiger charge is 2.32. The monoisotopic (exact) mass is 538 g/mol. The highest BCUT2D eigenvalue weighted by atomic mass is 32.2. The Hall–Kier alpha value is -3.85. The molecular formula is C22H22F4N8O2S. The van der Waals surface area contributed by atoms with Crippen LogP contribution in [0.4, 0.5) is 29.1 Å². The van der Waals surface area contributed by atoms with Crippen molar-refractivity contribution in [2.24, 2.45) is 0 Å². The van der Waals surface area contributed by atoms with Crippen molar-refractivity contribution in [3.05, 3.63) is 53.6 Å². The van der Waals surface area contributed by atoms with Gasteiger partial charge < -0.3 is 10.2 Å². The van der Waals surface area contributed by atoms with E-state index in [0.29, 0.717) is 41.7 Å². The number of aryl methyl sites for hydroxylation is 1. The largest absolute Gasteiger partial charge is 0.416 e. The van der Waals surface area contributed by atoms with Gasteiger partial charge in [0.15, 0.2) is 16.5 Å². The Labute approximate surface area is 209 Å². The van der Waals surface area contributed by atoms with Gasteiger partial charge in [-0.1, -0.05) is 0 Å². The molecule has 0 aliphatic carbocycles. The lowest BCUT2D eigenvalue weighted by atomic mass is 10.2. The van der Waals surface area contributed by atoms with Crippen LogP contribution in [0, 0.1) is 12.7 Å². The third-order valence-electron chi connectivity index (χ3n) is 5.25. The van der Waals surface area contributed by atoms with E-state index in [9.17, 15) is 26.0 Å². The van der Waals surface area contributed by atoms with E-state index in [0.717, 1.165) is 24.4 Å². The van der Waals surface area contributed by atoms with E-state index in [4.69, 9.17) is 0 Å². The first kappa shape index (κ1) is 26.2. The van der Waals surface area contributed by atoms with Crippen molar-refractivity contribution in [3.8, 4) is 11.4 Å². The molecule has 3 aromatic heterocycles. The molecule has 4 aromatic rings. The number of halogens is 4. The van der Waals surface area contributed by atoms with Crippen LogP contribution >= 0.6 is 0 Å². The molecule has 0 fully saturated rings. The second-order valence-corrected chi connectivity index (χ2v) is 9.98. The first-order chi connectivity index (χ1) is 17.3. The second-order valence-electron chi connectivity index (χ2n) is 8.35. The number of sulfonamides is 1. The fraction of sp³-hybridized carbons (Fsp3) is 0.273. The van der Waals surface area contributed by atoms with Gasteiger partial charge in [-0.2, -0.15) is 26.7 Å². The Kier molecular flexibility index (Phi) is 7.01. The van der Waals surface area contributed by atoms with Crippen molar-refractivity contribution >= 4 is 32.6 Å². The van der Waals surface area contributed by atoms with Crippen LogP contribution in [0.2, 0.25) is 0 Å². The molecule has 1 aromatic carbocycles. The predicted molar refractivity (Wildman–Crippen MR) is 129 cm³/mol. The van der Waals surface area contributed by atoms with Gasteiger partial charge in [-0.3, -0.25) is 9.82 Å². The fourth-order valence-electron chi connectivity index (χ4n) is 3.39. The molecule has 0 atom stereocenters. The molecule has 0 aliphatic rings. The van der Waals surface area contributed by atoms with Crippen LogP contribution in [-0.2, 0) is 16.2 Å². The average Bonchev–Trinajstić information content (AvgIpc) is 3.20. The summed E-state index contributed by atoms with van der Waals surface area (Å²) in [6, 6.07) is 4.52. The van der Waals surface area contributed by atoms with Gasteiger partial charge in [0.05, 0.1) is 16.6 Å². The first-order valence-electron chi connectivity index (χ1n) is 10.8. The van der Waals surface area contributed by atoms with Gasteiger partial charge in [-0.25, -0.2) is 19.3 Å². The van der Waals surface area contributed by atoms with E-state index in [1.165, 1.54) is 6.07 Å². The normalized spacial score (nSPS) is 12.3. The van der Waals surface area contributed by atoms with Crippen molar-refractivity contribution in [1.82, 2.24) is 30.0 Å². The molecule has 0 bridgehead atoms. The number of H-pyrrole nitrogens is 1. The van der Waals surface area contributed by atoms with E-state index in [1.54, 1.807) is 0 Å². The van der Waals surface area contributed by atoms with E-state index in [1.807, 2.05) is 30.6 Å². The van der Waals surface area contributed by atoms with Crippen LogP contribution in [0.25, 0.3) is 22.4 Å². The van der Waals surface area contributed by atoms with Crippen molar-refractivity contribution in [1.29, 1.82) is 0 Å². The SMILES string of the molecule is Cc1[nH]nc2nc(-c3ccc(NS(=O)(=O)c4cc(C(F)(F)F)ccn4)c(F)c3)nc(NCCN(C)C)c12. The third kappa shape index (κ3) is 5.77. The lowest BCUT2D eigenvalue weighted by Crippen LogP contribution is -2.21. The van der Waals surface area contributed by atoms with Gasteiger partial charge in [0, 0.05) is 30.5 Å². The zero-order valence-electron chi connectivity index (χ0n) is 19.9. The van der Waals surface area contributed by atoms with Crippen molar-refractivity contribution in [2.75, 3.05) is 37.2 Å². The molecule has 3 heterocycles. The standard InChI is InChI=1S/C22H22F4N8O2S/c1-12-18-20(28-8-9-34(2)3)29-19(30-21(18)32-31-12)13-4-5-16(15(23)10-13)33-37(35,36)17-11-14(6-7-27-17)22(24,25)26/h4-7,10-11,33H,8-9H2,1-3H3,(H2,28,29,30,31,32). The number of fused-ring (bicyclic) bond motifs is 1. The molecule has 0 amide bonds. The molecule has 0 aliphatic heterocycles. The minimum Gasteiger partial charge on any atom is -0.368 e. The van der Waals surface area contributed by atoms with Gasteiger partial charge in [0.25, 0.3) is 10.0 Å². The summed E-state index contributed by atoms with van der Waals surface area (Å²) in [5, 5.41) is 10.00. The van der Waals surface area contributed by atoms with Crippen LogP contribution < -0.4 is 10.0 Å². The molecule has 3 N–H and O–H groups in total. The number of hydrogen-bond donors (Lipinski definition) is 3. The zero-order valence-corrected chi connectivity index (χ0v) is 20.7. The number of nitrogens with zero attached hydrogens (tertiary/aromatic N) is 5. The molecule has 37 heavy (non-hydrogen) atoms. The Morgan fingerprint density at radius 2 is 1.86 bits per heavy atom. The maximum atomic E-state index is 14.9. The van der Waals surface area contributed by atoms with Gasteiger partial charge in [0.1, 0.15) is 11.6 Å². The molecule has 0 unspecified atom stereocenters. The van der Waals surface area contributed by atoms with Gasteiger partial charge >= 0.3 is 6.18 Å². The van der Waals surface area contributed by atoms with Gasteiger partial charge in [0.2, 0.25) is 0 Å². The molecule has 0 radical (unpaired) electrons. The number of alkyl halides is 3. The molecule has 4 rings (SSSR count). The summed E-state index contributed by atoms with van der Waals surface area (Å²) >= 11 is 0. The Morgan fingerprint density at radius 3 is 2.54 bits per heavy atom. The minimum atomic E-state index is -4.77. The summed E-state index contributed by atoms with van der Waals surface area (Å²) in [4.78, 5) is 14.3. The highest BCUT2D eigenvalue weighted by molar-refractivity contribution is 7.92. The average molecular weight is 539 g/mol. The van der Waals surface area contributed by atoms with Crippen LogP contribution in [0.1, 0.15) is 11.3 Å². The molecular weight excluding hydrogens is 516 g/mol. The summed E-state index contributed by atoms with van der Waals surface area (Å²) in [6.07, 6.45) is -4.06. The van der Waals surface area contributed by atoms with E-state index in [-0.39, 0.29) is 11.4 Å². The number of pyridine rings is 1. The summed E-state index contributed by atoms with van der Waals surface area (Å²) < 4.78 is 80.9. The predicted octanol–water partition coefficient (Wildman–Crippen LogP) is 3.66. The maximum absolute atomic E-state index is 14.9. The molecule has 0 saturated heterocycles. The van der Waals surface area contributed by atoms with E-state index < -0.39 is 38.3 Å². The van der Waals surface area contributed by atoms with E-state index in [2.05, 4.69) is 30.5 Å². The van der Waals surface area contributed by atoms with E-state index >= 15 is 0 Å². The number of likely N-dealkylation sites (N-methyl/N-ethyl adjacent to an activating group) is 1. The van der Waals surface area contributed by atoms with Crippen molar-refractivity contribution in [3.63, 3.8) is 0 Å². The Morgan fingerprint density at radius 1 is 1.11 bits per heavy atom. The van der Waals surface area contributed by atoms with Crippen LogP contribution in [0.3, 0.4) is 0 Å². The second kappa shape index (κ2) is 9.89. The first-order valence-corrected chi connectivity index (χ1v) is 12.3. The fourth-order valence-corrected chi connectivity index (χ4v) is 4.43. The van der Waals surface area contributed by atoms with Gasteiger partial charge in [-0.05, 0) is 51.4 Å². The molecule has 196 valence electrons. The Balaban J connectivity index is 1.64. The number of aromatic nitrogens is 5. The third-order valence-corrected chi connectivity index (χ3v) is 6.52. The highest BCUT2D eigenvalue weighted by Crippen LogP contribution is 2.31. The lowest BCUT2D eigenvalue weighted by Gasteiger charge is -2.13. The van der Waals surface area contributed by atoms with Crippen LogP contribution in [0.5, 0.6) is 0 Å². The number of anilines is 2. The molecule has 15 heteroatoms. The number of benzene rings is 1. The smallest absolute Gasteiger partial charge is 0.368 e. The molecule has 10 nitrogen and oxygen atoms in total. The maximum Gasteiger partial charge on any atom is 0.416 e. The van der Waals surface area contributed by atoms with Crippen molar-refractivity contribution in [2.45, 2.75) is 18.1 Å². The summed E-state index contributed by atoms with van der Waals surface area (Å²) in [7, 11) is -0.759. The number of aromatic amines is 1. The van der Waals surface area contributed by atoms with Crippen LogP contribution in [0.15, 0.2) is 41.6 Å². The van der Waals surface area contributed by atoms with Crippen molar-refractivity contribution < 1.29 is 26.0 Å². The topological polar surface area (TPSA) is 129 Å². The summed E-state index contributed by atoms with van der Waals surface area (Å²) in [5.41, 5.74) is -0.349. The zero-order chi connectivity index (χ0) is 27.0. The molecule has 0 spiro atoms.